The molecule has 29 heavy (non-hydrogen) atoms. The van der Waals surface area contributed by atoms with Crippen LogP contribution in [0.2, 0.25) is 0 Å². The Kier molecular flexibility index (Phi) is 6.26. The number of hydrogen-bond donors (Lipinski definition) is 1. The Hall–Kier alpha value is -3.22. The summed E-state index contributed by atoms with van der Waals surface area (Å²) in [7, 11) is 1.64. The van der Waals surface area contributed by atoms with E-state index in [0.717, 1.165) is 17.6 Å². The predicted molar refractivity (Wildman–Crippen MR) is 112 cm³/mol. The summed E-state index contributed by atoms with van der Waals surface area (Å²) >= 11 is 0. The molecule has 1 aliphatic heterocycles. The van der Waals surface area contributed by atoms with Gasteiger partial charge in [-0.3, -0.25) is 9.79 Å². The predicted octanol–water partition coefficient (Wildman–Crippen LogP) is 3.14. The van der Waals surface area contributed by atoms with Crippen LogP contribution in [-0.2, 0) is 14.3 Å². The Morgan fingerprint density at radius 2 is 2.24 bits per heavy atom. The second kappa shape index (κ2) is 8.86. The van der Waals surface area contributed by atoms with Gasteiger partial charge in [-0.15, -0.1) is 0 Å². The van der Waals surface area contributed by atoms with Crippen LogP contribution in [0.3, 0.4) is 0 Å². The second-order valence-electron chi connectivity index (χ2n) is 6.75. The van der Waals surface area contributed by atoms with Crippen LogP contribution in [0.1, 0.15) is 31.7 Å². The number of aromatic amines is 1. The van der Waals surface area contributed by atoms with Gasteiger partial charge in [0, 0.05) is 18.5 Å². The topological polar surface area (TPSA) is 93.6 Å². The minimum absolute atomic E-state index is 0.0934. The van der Waals surface area contributed by atoms with Gasteiger partial charge in [-0.1, -0.05) is 25.6 Å². The molecule has 0 saturated heterocycles. The lowest BCUT2D eigenvalue weighted by atomic mass is 9.77. The van der Waals surface area contributed by atoms with Gasteiger partial charge in [0.15, 0.2) is 0 Å². The number of benzene rings is 1. The molecule has 3 atom stereocenters. The quantitative estimate of drug-likeness (QED) is 0.574. The van der Waals surface area contributed by atoms with Crippen molar-refractivity contribution in [2.75, 3.05) is 13.7 Å². The lowest BCUT2D eigenvalue weighted by Gasteiger charge is -2.27. The maximum atomic E-state index is 12.7. The van der Waals surface area contributed by atoms with Crippen molar-refractivity contribution in [1.29, 1.82) is 0 Å². The summed E-state index contributed by atoms with van der Waals surface area (Å²) in [4.78, 5) is 35.8. The summed E-state index contributed by atoms with van der Waals surface area (Å²) in [6, 6.07) is 5.60. The van der Waals surface area contributed by atoms with E-state index in [1.165, 1.54) is 6.33 Å². The molecule has 1 aromatic carbocycles. The van der Waals surface area contributed by atoms with Crippen LogP contribution in [0.5, 0.6) is 0 Å². The van der Waals surface area contributed by atoms with Gasteiger partial charge in [-0.05, 0) is 37.0 Å². The van der Waals surface area contributed by atoms with Crippen LogP contribution in [-0.4, -0.2) is 41.9 Å². The smallest absolute Gasteiger partial charge is 0.348 e. The molecule has 7 heteroatoms. The van der Waals surface area contributed by atoms with E-state index < -0.39 is 12.1 Å². The number of aliphatic imine (C=N–C) groups is 1. The van der Waals surface area contributed by atoms with Crippen molar-refractivity contribution in [3.05, 3.63) is 64.4 Å². The lowest BCUT2D eigenvalue weighted by Crippen LogP contribution is -2.34. The lowest BCUT2D eigenvalue weighted by molar-refractivity contribution is -0.155. The summed E-state index contributed by atoms with van der Waals surface area (Å²) < 4.78 is 11.2. The summed E-state index contributed by atoms with van der Waals surface area (Å²) in [6.07, 6.45) is 4.60. The van der Waals surface area contributed by atoms with E-state index in [1.54, 1.807) is 26.3 Å². The number of esters is 1. The highest BCUT2D eigenvalue weighted by Crippen LogP contribution is 2.43. The van der Waals surface area contributed by atoms with E-state index in [4.69, 9.17) is 9.47 Å². The first-order valence-electron chi connectivity index (χ1n) is 9.65. The zero-order chi connectivity index (χ0) is 21.0. The number of nitrogens with zero attached hydrogens (tertiary/aromatic N) is 2. The van der Waals surface area contributed by atoms with Crippen molar-refractivity contribution in [1.82, 2.24) is 9.97 Å². The first-order chi connectivity index (χ1) is 14.0. The Morgan fingerprint density at radius 3 is 2.90 bits per heavy atom. The number of nitrogens with one attached hydrogen (secondary N) is 1. The Labute approximate surface area is 169 Å². The zero-order valence-electron chi connectivity index (χ0n) is 16.8. The molecule has 2 heterocycles. The number of hydrogen-bond acceptors (Lipinski definition) is 6. The first-order valence-corrected chi connectivity index (χ1v) is 9.65. The fraction of sp³-hybridized carbons (Fsp3) is 0.364. The van der Waals surface area contributed by atoms with Crippen molar-refractivity contribution in [3.8, 4) is 0 Å². The number of ether oxygens (including phenoxy) is 2. The van der Waals surface area contributed by atoms with Crippen molar-refractivity contribution in [2.45, 2.75) is 32.3 Å². The molecule has 2 aromatic rings. The molecule has 3 unspecified atom stereocenters. The Balaban J connectivity index is 2.12. The molecular formula is C22H25N3O4. The normalized spacial score (nSPS) is 20.1. The number of aromatic nitrogens is 2. The van der Waals surface area contributed by atoms with Crippen molar-refractivity contribution < 1.29 is 14.3 Å². The van der Waals surface area contributed by atoms with Crippen LogP contribution >= 0.6 is 0 Å². The summed E-state index contributed by atoms with van der Waals surface area (Å²) in [5.74, 6) is -0.304. The number of carbonyl (C=O) groups is 1. The highest BCUT2D eigenvalue weighted by molar-refractivity contribution is 5.84. The van der Waals surface area contributed by atoms with Crippen LogP contribution in [0.15, 0.2) is 58.3 Å². The van der Waals surface area contributed by atoms with Crippen LogP contribution in [0, 0.1) is 5.92 Å². The monoisotopic (exact) mass is 395 g/mol. The van der Waals surface area contributed by atoms with Gasteiger partial charge in [0.1, 0.15) is 5.76 Å². The van der Waals surface area contributed by atoms with Gasteiger partial charge < -0.3 is 14.5 Å². The third-order valence-electron chi connectivity index (χ3n) is 5.17. The SMILES string of the molecule is C=CC1=C(C=NC)OC(C(=O)OCC)C1C(CC)c1ccc2nc[nH]c(=O)c2c1. The second-order valence-corrected chi connectivity index (χ2v) is 6.75. The average Bonchev–Trinajstić information content (AvgIpc) is 3.08. The maximum absolute atomic E-state index is 12.7. The van der Waals surface area contributed by atoms with E-state index in [9.17, 15) is 9.59 Å². The number of fused-ring (bicyclic) bond motifs is 1. The van der Waals surface area contributed by atoms with Crippen molar-refractivity contribution in [2.24, 2.45) is 10.9 Å². The van der Waals surface area contributed by atoms with Crippen LogP contribution < -0.4 is 5.56 Å². The molecule has 3 rings (SSSR count). The van der Waals surface area contributed by atoms with Gasteiger partial charge in [0.05, 0.1) is 30.1 Å². The Bertz CT molecular complexity index is 1040. The number of H-pyrrole nitrogens is 1. The van der Waals surface area contributed by atoms with Gasteiger partial charge >= 0.3 is 5.97 Å². The van der Waals surface area contributed by atoms with E-state index in [2.05, 4.69) is 21.5 Å². The molecule has 1 N–H and O–H groups in total. The molecule has 152 valence electrons. The minimum Gasteiger partial charge on any atom is -0.476 e. The third kappa shape index (κ3) is 3.85. The molecule has 0 bridgehead atoms. The van der Waals surface area contributed by atoms with Crippen molar-refractivity contribution in [3.63, 3.8) is 0 Å². The number of carbonyl (C=O) groups excluding carboxylic acids is 1. The van der Waals surface area contributed by atoms with E-state index in [0.29, 0.717) is 16.7 Å². The van der Waals surface area contributed by atoms with Crippen LogP contribution in [0.4, 0.5) is 0 Å². The minimum atomic E-state index is -0.802. The number of rotatable bonds is 7. The molecule has 0 amide bonds. The van der Waals surface area contributed by atoms with E-state index >= 15 is 0 Å². The molecule has 7 nitrogen and oxygen atoms in total. The summed E-state index contributed by atoms with van der Waals surface area (Å²) in [5.41, 5.74) is 2.15. The summed E-state index contributed by atoms with van der Waals surface area (Å²) in [5, 5.41) is 0.509. The fourth-order valence-electron chi connectivity index (χ4n) is 3.93. The zero-order valence-corrected chi connectivity index (χ0v) is 16.8. The van der Waals surface area contributed by atoms with E-state index in [1.807, 2.05) is 25.1 Å². The molecule has 0 saturated carbocycles. The van der Waals surface area contributed by atoms with Crippen LogP contribution in [0.25, 0.3) is 10.9 Å². The molecule has 0 aliphatic carbocycles. The standard InChI is InChI=1S/C22H25N3O4/c1-5-14(13-8-9-17-16(10-13)21(26)25-12-24-17)19-15(6-2)18(11-23-4)29-20(19)22(27)28-7-3/h6,8-12,14,19-20H,2,5,7H2,1,3-4H3,(H,24,25,26). The van der Waals surface area contributed by atoms with Gasteiger partial charge in [-0.2, -0.15) is 0 Å². The highest BCUT2D eigenvalue weighted by Gasteiger charge is 2.45. The summed E-state index contributed by atoms with van der Waals surface area (Å²) in [6.45, 7) is 7.99. The number of allylic oxidation sites excluding steroid dienone is 2. The maximum Gasteiger partial charge on any atom is 0.348 e. The molecule has 0 spiro atoms. The Morgan fingerprint density at radius 1 is 1.45 bits per heavy atom. The van der Waals surface area contributed by atoms with Gasteiger partial charge in [-0.25, -0.2) is 9.78 Å². The molecule has 0 radical (unpaired) electrons. The molecule has 1 aliphatic rings. The first kappa shape index (κ1) is 20.5. The molecular weight excluding hydrogens is 370 g/mol. The fourth-order valence-corrected chi connectivity index (χ4v) is 3.93. The highest BCUT2D eigenvalue weighted by atomic mass is 16.6. The third-order valence-corrected chi connectivity index (χ3v) is 5.17. The largest absolute Gasteiger partial charge is 0.476 e. The van der Waals surface area contributed by atoms with Gasteiger partial charge in [0.2, 0.25) is 6.10 Å². The average molecular weight is 395 g/mol. The molecule has 0 fully saturated rings. The van der Waals surface area contributed by atoms with Gasteiger partial charge in [0.25, 0.3) is 5.56 Å². The van der Waals surface area contributed by atoms with E-state index in [-0.39, 0.29) is 24.0 Å². The van der Waals surface area contributed by atoms with Crippen molar-refractivity contribution >= 4 is 23.1 Å². The molecule has 1 aromatic heterocycles.